The van der Waals surface area contributed by atoms with E-state index in [1.54, 1.807) is 24.3 Å². The summed E-state index contributed by atoms with van der Waals surface area (Å²) in [6, 6.07) is 7.01. The van der Waals surface area contributed by atoms with Crippen molar-refractivity contribution in [2.24, 2.45) is 0 Å². The van der Waals surface area contributed by atoms with E-state index in [1.165, 1.54) is 11.0 Å². The number of benzene rings is 1. The monoisotopic (exact) mass is 411 g/mol. The molecule has 0 unspecified atom stereocenters. The summed E-state index contributed by atoms with van der Waals surface area (Å²) in [6.45, 7) is 1.84. The number of amides is 1. The summed E-state index contributed by atoms with van der Waals surface area (Å²) in [5.74, 6) is 0.775. The topological polar surface area (TPSA) is 109 Å². The van der Waals surface area contributed by atoms with Gasteiger partial charge in [0.15, 0.2) is 11.4 Å². The lowest BCUT2D eigenvalue weighted by Crippen LogP contribution is -2.33. The lowest BCUT2D eigenvalue weighted by atomic mass is 10.1. The van der Waals surface area contributed by atoms with E-state index in [9.17, 15) is 9.59 Å². The van der Waals surface area contributed by atoms with Crippen molar-refractivity contribution < 1.29 is 9.21 Å². The smallest absolute Gasteiger partial charge is 0.408 e. The predicted molar refractivity (Wildman–Crippen MR) is 113 cm³/mol. The Bertz CT molecular complexity index is 1100. The molecule has 158 valence electrons. The maximum atomic E-state index is 12.5. The zero-order valence-electron chi connectivity index (χ0n) is 17.2. The molecule has 1 amide bonds. The predicted octanol–water partition coefficient (Wildman–Crippen LogP) is 1.15. The Morgan fingerprint density at radius 3 is 2.67 bits per heavy atom. The number of fused-ring (bicyclic) bond motifs is 1. The molecule has 0 spiro atoms. The Kier molecular flexibility index (Phi) is 5.64. The zero-order valence-corrected chi connectivity index (χ0v) is 17.2. The van der Waals surface area contributed by atoms with Crippen LogP contribution in [-0.4, -0.2) is 52.6 Å². The fraction of sp³-hybridized carbons (Fsp3) is 0.450. The highest BCUT2D eigenvalue weighted by Gasteiger charge is 2.18. The van der Waals surface area contributed by atoms with Crippen LogP contribution in [0.25, 0.3) is 11.1 Å². The first-order valence-electron chi connectivity index (χ1n) is 10.0. The number of carbonyl (C=O) groups is 1. The summed E-state index contributed by atoms with van der Waals surface area (Å²) in [5, 5.41) is 2.80. The van der Waals surface area contributed by atoms with Crippen LogP contribution in [0.5, 0.6) is 0 Å². The van der Waals surface area contributed by atoms with E-state index >= 15 is 0 Å². The Morgan fingerprint density at radius 2 is 1.90 bits per heavy atom. The standard InChI is InChI=1S/C20H25N7O3/c1-25(2)18-22-16(23-19(24-18)26-10-6-3-7-11-26)12-21-17(28)13-27-14-8-4-5-9-15(14)30-20(27)29/h4-5,8-9H,3,6-7,10-13H2,1-2H3,(H,21,28). The summed E-state index contributed by atoms with van der Waals surface area (Å²) in [7, 11) is 3.74. The highest BCUT2D eigenvalue weighted by atomic mass is 16.4. The molecule has 1 aliphatic rings. The average Bonchev–Trinajstić information content (AvgIpc) is 3.07. The molecule has 1 aromatic carbocycles. The molecule has 4 rings (SSSR count). The summed E-state index contributed by atoms with van der Waals surface area (Å²) in [6.07, 6.45) is 3.44. The van der Waals surface area contributed by atoms with E-state index in [0.29, 0.717) is 28.8 Å². The lowest BCUT2D eigenvalue weighted by molar-refractivity contribution is -0.121. The van der Waals surface area contributed by atoms with Crippen molar-refractivity contribution in [3.8, 4) is 0 Å². The first-order valence-corrected chi connectivity index (χ1v) is 10.0. The molecule has 1 aliphatic heterocycles. The van der Waals surface area contributed by atoms with E-state index in [-0.39, 0.29) is 19.0 Å². The van der Waals surface area contributed by atoms with E-state index in [4.69, 9.17) is 4.42 Å². The molecule has 2 aromatic heterocycles. The van der Waals surface area contributed by atoms with Gasteiger partial charge in [-0.3, -0.25) is 9.36 Å². The minimum Gasteiger partial charge on any atom is -0.408 e. The fourth-order valence-corrected chi connectivity index (χ4v) is 3.45. The Labute approximate surface area is 173 Å². The first-order chi connectivity index (χ1) is 14.5. The number of aromatic nitrogens is 4. The van der Waals surface area contributed by atoms with E-state index in [0.717, 1.165) is 25.9 Å². The second-order valence-electron chi connectivity index (χ2n) is 7.49. The van der Waals surface area contributed by atoms with Gasteiger partial charge in [-0.1, -0.05) is 12.1 Å². The van der Waals surface area contributed by atoms with Crippen molar-refractivity contribution in [1.29, 1.82) is 0 Å². The van der Waals surface area contributed by atoms with Gasteiger partial charge in [0.2, 0.25) is 17.8 Å². The second-order valence-corrected chi connectivity index (χ2v) is 7.49. The summed E-state index contributed by atoms with van der Waals surface area (Å²) in [5.41, 5.74) is 1.04. The third-order valence-electron chi connectivity index (χ3n) is 5.02. The van der Waals surface area contributed by atoms with Crippen LogP contribution >= 0.6 is 0 Å². The summed E-state index contributed by atoms with van der Waals surface area (Å²) in [4.78, 5) is 42.1. The number of rotatable bonds is 6. The van der Waals surface area contributed by atoms with Crippen molar-refractivity contribution in [2.45, 2.75) is 32.4 Å². The van der Waals surface area contributed by atoms with Crippen LogP contribution in [0.1, 0.15) is 25.1 Å². The normalized spacial score (nSPS) is 14.1. The van der Waals surface area contributed by atoms with Crippen LogP contribution in [0.2, 0.25) is 0 Å². The minimum absolute atomic E-state index is 0.138. The van der Waals surface area contributed by atoms with Gasteiger partial charge in [0.1, 0.15) is 6.54 Å². The number of carbonyl (C=O) groups excluding carboxylic acids is 1. The number of nitrogens with zero attached hydrogens (tertiary/aromatic N) is 6. The van der Waals surface area contributed by atoms with Crippen LogP contribution in [0, 0.1) is 0 Å². The highest BCUT2D eigenvalue weighted by molar-refractivity contribution is 5.79. The molecule has 0 radical (unpaired) electrons. The quantitative estimate of drug-likeness (QED) is 0.643. The molecule has 10 nitrogen and oxygen atoms in total. The average molecular weight is 411 g/mol. The lowest BCUT2D eigenvalue weighted by Gasteiger charge is -2.27. The molecule has 30 heavy (non-hydrogen) atoms. The Hall–Kier alpha value is -3.43. The van der Waals surface area contributed by atoms with Crippen molar-refractivity contribution in [3.05, 3.63) is 40.6 Å². The molecule has 0 aliphatic carbocycles. The molecule has 0 saturated carbocycles. The maximum Gasteiger partial charge on any atom is 0.420 e. The van der Waals surface area contributed by atoms with Crippen LogP contribution in [-0.2, 0) is 17.9 Å². The number of anilines is 2. The molecule has 3 heterocycles. The Morgan fingerprint density at radius 1 is 1.13 bits per heavy atom. The van der Waals surface area contributed by atoms with Gasteiger partial charge < -0.3 is 19.5 Å². The third-order valence-corrected chi connectivity index (χ3v) is 5.02. The minimum atomic E-state index is -0.561. The molecule has 3 aromatic rings. The van der Waals surface area contributed by atoms with Gasteiger partial charge in [-0.15, -0.1) is 0 Å². The van der Waals surface area contributed by atoms with Crippen LogP contribution < -0.4 is 20.9 Å². The molecular weight excluding hydrogens is 386 g/mol. The fourth-order valence-electron chi connectivity index (χ4n) is 3.45. The molecule has 1 fully saturated rings. The summed E-state index contributed by atoms with van der Waals surface area (Å²) >= 11 is 0. The number of piperidine rings is 1. The maximum absolute atomic E-state index is 12.5. The molecule has 1 N–H and O–H groups in total. The van der Waals surface area contributed by atoms with Gasteiger partial charge in [-0.2, -0.15) is 15.0 Å². The second kappa shape index (κ2) is 8.52. The largest absolute Gasteiger partial charge is 0.420 e. The number of hydrogen-bond donors (Lipinski definition) is 1. The zero-order chi connectivity index (χ0) is 21.1. The van der Waals surface area contributed by atoms with Gasteiger partial charge in [0, 0.05) is 27.2 Å². The number of para-hydroxylation sites is 2. The van der Waals surface area contributed by atoms with Crippen LogP contribution in [0.15, 0.2) is 33.5 Å². The van der Waals surface area contributed by atoms with E-state index in [1.807, 2.05) is 19.0 Å². The number of oxazole rings is 1. The molecule has 10 heteroatoms. The number of nitrogens with one attached hydrogen (secondary N) is 1. The number of hydrogen-bond acceptors (Lipinski definition) is 8. The molecule has 1 saturated heterocycles. The first kappa shape index (κ1) is 19.9. The van der Waals surface area contributed by atoms with Crippen LogP contribution in [0.4, 0.5) is 11.9 Å². The molecule has 0 atom stereocenters. The van der Waals surface area contributed by atoms with Crippen molar-refractivity contribution in [1.82, 2.24) is 24.8 Å². The van der Waals surface area contributed by atoms with Crippen molar-refractivity contribution in [2.75, 3.05) is 37.0 Å². The van der Waals surface area contributed by atoms with E-state index in [2.05, 4.69) is 25.2 Å². The van der Waals surface area contributed by atoms with Crippen molar-refractivity contribution >= 4 is 28.9 Å². The van der Waals surface area contributed by atoms with Crippen molar-refractivity contribution in [3.63, 3.8) is 0 Å². The van der Waals surface area contributed by atoms with Gasteiger partial charge in [0.05, 0.1) is 12.1 Å². The highest BCUT2D eigenvalue weighted by Crippen LogP contribution is 2.18. The van der Waals surface area contributed by atoms with Gasteiger partial charge in [-0.25, -0.2) is 4.79 Å². The molecular formula is C20H25N7O3. The third kappa shape index (κ3) is 4.27. The van der Waals surface area contributed by atoms with Gasteiger partial charge in [-0.05, 0) is 31.4 Å². The van der Waals surface area contributed by atoms with Gasteiger partial charge >= 0.3 is 5.76 Å². The SMILES string of the molecule is CN(C)c1nc(CNC(=O)Cn2c(=O)oc3ccccc32)nc(N2CCCCC2)n1. The Balaban J connectivity index is 1.48. The van der Waals surface area contributed by atoms with Gasteiger partial charge in [0.25, 0.3) is 0 Å². The van der Waals surface area contributed by atoms with Crippen LogP contribution in [0.3, 0.4) is 0 Å². The molecule has 0 bridgehead atoms. The summed E-state index contributed by atoms with van der Waals surface area (Å²) < 4.78 is 6.48. The van der Waals surface area contributed by atoms with E-state index < -0.39 is 5.76 Å².